The first-order chi connectivity index (χ1) is 14.0. The highest BCUT2D eigenvalue weighted by Crippen LogP contribution is 2.30. The van der Waals surface area contributed by atoms with Crippen molar-refractivity contribution in [3.05, 3.63) is 64.5 Å². The van der Waals surface area contributed by atoms with E-state index >= 15 is 0 Å². The van der Waals surface area contributed by atoms with Crippen LogP contribution in [0.5, 0.6) is 5.75 Å². The number of hydrogen-bond donors (Lipinski definition) is 2. The Morgan fingerprint density at radius 1 is 1.21 bits per heavy atom. The molecule has 0 amide bonds. The monoisotopic (exact) mass is 412 g/mol. The molecular weight excluding hydrogens is 388 g/mol. The molecule has 0 aliphatic rings. The van der Waals surface area contributed by atoms with Crippen LogP contribution in [-0.4, -0.2) is 43.6 Å². The number of methoxy groups -OCH3 is 1. The minimum Gasteiger partial charge on any atom is -0.497 e. The number of ketones is 1. The average molecular weight is 413 g/mol. The highest BCUT2D eigenvalue weighted by molar-refractivity contribution is 7.18. The molecule has 0 aliphatic carbocycles. The van der Waals surface area contributed by atoms with Crippen molar-refractivity contribution < 1.29 is 14.3 Å². The molecule has 3 N–H and O–H groups in total. The van der Waals surface area contributed by atoms with Gasteiger partial charge in [0.05, 0.1) is 20.4 Å². The van der Waals surface area contributed by atoms with Crippen molar-refractivity contribution in [3.63, 3.8) is 0 Å². The summed E-state index contributed by atoms with van der Waals surface area (Å²) in [5.41, 5.74) is 8.43. The number of thiazole rings is 1. The molecule has 0 aliphatic heterocycles. The molecule has 152 valence electrons. The Hall–Kier alpha value is -2.94. The number of ether oxygens (including phenoxy) is 2. The number of nitrogens with two attached hydrogens (primary N) is 1. The zero-order valence-electron chi connectivity index (χ0n) is 16.6. The van der Waals surface area contributed by atoms with Crippen LogP contribution in [0.25, 0.3) is 0 Å². The second-order valence-corrected chi connectivity index (χ2v) is 7.67. The Morgan fingerprint density at radius 2 is 1.97 bits per heavy atom. The molecule has 0 radical (unpaired) electrons. The minimum absolute atomic E-state index is 0.180. The molecule has 0 unspecified atom stereocenters. The number of nitrogens with zero attached hydrogens (tertiary/aromatic N) is 2. The zero-order chi connectivity index (χ0) is 20.8. The number of benzene rings is 2. The van der Waals surface area contributed by atoms with Crippen molar-refractivity contribution in [2.45, 2.75) is 6.61 Å². The summed E-state index contributed by atoms with van der Waals surface area (Å²) in [5.74, 6) is 0.645. The summed E-state index contributed by atoms with van der Waals surface area (Å²) in [6, 6.07) is 14.8. The van der Waals surface area contributed by atoms with Gasteiger partial charge in [-0.3, -0.25) is 9.69 Å². The highest BCUT2D eigenvalue weighted by atomic mass is 32.1. The summed E-state index contributed by atoms with van der Waals surface area (Å²) in [7, 11) is 5.48. The fourth-order valence-corrected chi connectivity index (χ4v) is 3.46. The van der Waals surface area contributed by atoms with Crippen LogP contribution in [0.15, 0.2) is 48.5 Å². The first-order valence-corrected chi connectivity index (χ1v) is 9.81. The Morgan fingerprint density at radius 3 is 2.66 bits per heavy atom. The summed E-state index contributed by atoms with van der Waals surface area (Å²) in [6.07, 6.45) is 0. The van der Waals surface area contributed by atoms with E-state index in [0.29, 0.717) is 34.7 Å². The number of rotatable bonds is 9. The molecular formula is C21H24N4O3S. The molecule has 0 spiro atoms. The molecule has 0 atom stereocenters. The van der Waals surface area contributed by atoms with E-state index in [9.17, 15) is 4.79 Å². The predicted octanol–water partition coefficient (Wildman–Crippen LogP) is 3.74. The molecule has 0 saturated carbocycles. The van der Waals surface area contributed by atoms with Crippen molar-refractivity contribution in [2.24, 2.45) is 0 Å². The van der Waals surface area contributed by atoms with E-state index < -0.39 is 0 Å². The Labute approximate surface area is 174 Å². The van der Waals surface area contributed by atoms with Gasteiger partial charge < -0.3 is 20.5 Å². The van der Waals surface area contributed by atoms with Gasteiger partial charge in [0.2, 0.25) is 5.78 Å². The molecule has 3 aromatic rings. The number of aromatic nitrogens is 1. The lowest BCUT2D eigenvalue weighted by atomic mass is 10.1. The van der Waals surface area contributed by atoms with Gasteiger partial charge in [-0.2, -0.15) is 0 Å². The quantitative estimate of drug-likeness (QED) is 0.409. The molecule has 1 aromatic heterocycles. The van der Waals surface area contributed by atoms with Gasteiger partial charge in [-0.05, 0) is 43.9 Å². The first kappa shape index (κ1) is 20.8. The van der Waals surface area contributed by atoms with Crippen molar-refractivity contribution in [3.8, 4) is 5.75 Å². The lowest BCUT2D eigenvalue weighted by Gasteiger charge is -2.10. The predicted molar refractivity (Wildman–Crippen MR) is 116 cm³/mol. The van der Waals surface area contributed by atoms with Gasteiger partial charge in [0.15, 0.2) is 5.13 Å². The van der Waals surface area contributed by atoms with Crippen LogP contribution in [0.2, 0.25) is 0 Å². The zero-order valence-corrected chi connectivity index (χ0v) is 17.5. The van der Waals surface area contributed by atoms with Gasteiger partial charge >= 0.3 is 0 Å². The van der Waals surface area contributed by atoms with Gasteiger partial charge in [0.25, 0.3) is 0 Å². The van der Waals surface area contributed by atoms with Crippen molar-refractivity contribution in [2.75, 3.05) is 39.0 Å². The van der Waals surface area contributed by atoms with Crippen molar-refractivity contribution >= 4 is 33.8 Å². The van der Waals surface area contributed by atoms with E-state index in [2.05, 4.69) is 10.3 Å². The number of hydrogen-bond acceptors (Lipinski definition) is 8. The third-order valence-corrected chi connectivity index (χ3v) is 5.00. The Balaban J connectivity index is 1.67. The highest BCUT2D eigenvalue weighted by Gasteiger charge is 2.18. The number of nitrogen functional groups attached to an aromatic ring is 1. The van der Waals surface area contributed by atoms with Crippen LogP contribution in [0.3, 0.4) is 0 Å². The molecule has 2 aromatic carbocycles. The molecule has 0 fully saturated rings. The lowest BCUT2D eigenvalue weighted by molar-refractivity contribution is 0.0451. The molecule has 8 heteroatoms. The smallest absolute Gasteiger partial charge is 0.206 e. The van der Waals surface area contributed by atoms with Crippen molar-refractivity contribution in [1.82, 2.24) is 9.88 Å². The van der Waals surface area contributed by atoms with E-state index in [0.717, 1.165) is 11.3 Å². The van der Waals surface area contributed by atoms with E-state index in [-0.39, 0.29) is 11.6 Å². The molecule has 0 saturated heterocycles. The van der Waals surface area contributed by atoms with Crippen LogP contribution in [0.1, 0.15) is 20.8 Å². The molecule has 29 heavy (non-hydrogen) atoms. The number of carbonyl (C=O) groups is 1. The second kappa shape index (κ2) is 9.51. The summed E-state index contributed by atoms with van der Waals surface area (Å²) in [5, 5.41) is 3.76. The van der Waals surface area contributed by atoms with Crippen LogP contribution in [0.4, 0.5) is 16.6 Å². The van der Waals surface area contributed by atoms with Gasteiger partial charge in [-0.15, -0.1) is 0 Å². The maximum Gasteiger partial charge on any atom is 0.206 e. The fraction of sp³-hybridized carbons (Fsp3) is 0.238. The summed E-state index contributed by atoms with van der Waals surface area (Å²) < 4.78 is 10.8. The van der Waals surface area contributed by atoms with Crippen molar-refractivity contribution in [1.29, 1.82) is 0 Å². The van der Waals surface area contributed by atoms with Gasteiger partial charge in [-0.25, -0.2) is 4.98 Å². The van der Waals surface area contributed by atoms with Gasteiger partial charge in [0, 0.05) is 11.3 Å². The number of carbonyl (C=O) groups excluding carboxylic acids is 1. The van der Waals surface area contributed by atoms with E-state index in [1.807, 2.05) is 43.3 Å². The van der Waals surface area contributed by atoms with Crippen LogP contribution in [0, 0.1) is 0 Å². The standard InChI is InChI=1S/C21H24N4O3S/c1-25(2)13-28-12-14-7-9-16(10-8-14)23-21-24-20(22)19(29-21)18(26)15-5-4-6-17(11-15)27-3/h4-11H,12-13,22H2,1-3H3,(H,23,24). The maximum absolute atomic E-state index is 12.8. The Bertz CT molecular complexity index is 970. The second-order valence-electron chi connectivity index (χ2n) is 6.67. The third kappa shape index (κ3) is 5.54. The normalized spacial score (nSPS) is 10.9. The summed E-state index contributed by atoms with van der Waals surface area (Å²) >= 11 is 1.22. The largest absolute Gasteiger partial charge is 0.497 e. The topological polar surface area (TPSA) is 89.7 Å². The molecule has 3 rings (SSSR count). The SMILES string of the molecule is COc1cccc(C(=O)c2sc(Nc3ccc(COCN(C)C)cc3)nc2N)c1. The van der Waals surface area contributed by atoms with Crippen LogP contribution in [-0.2, 0) is 11.3 Å². The first-order valence-electron chi connectivity index (χ1n) is 8.99. The fourth-order valence-electron chi connectivity index (χ4n) is 2.60. The van der Waals surface area contributed by atoms with E-state index in [1.165, 1.54) is 11.3 Å². The van der Waals surface area contributed by atoms with Gasteiger partial charge in [-0.1, -0.05) is 35.6 Å². The lowest BCUT2D eigenvalue weighted by Crippen LogP contribution is -2.15. The number of anilines is 3. The average Bonchev–Trinajstić information content (AvgIpc) is 3.08. The molecule has 1 heterocycles. The molecule has 0 bridgehead atoms. The minimum atomic E-state index is -0.180. The third-order valence-electron chi connectivity index (χ3n) is 4.01. The van der Waals surface area contributed by atoms with E-state index in [4.69, 9.17) is 15.2 Å². The number of nitrogens with one attached hydrogen (secondary N) is 1. The van der Waals surface area contributed by atoms with Crippen LogP contribution < -0.4 is 15.8 Å². The van der Waals surface area contributed by atoms with E-state index in [1.54, 1.807) is 31.4 Å². The summed E-state index contributed by atoms with van der Waals surface area (Å²) in [6.45, 7) is 1.12. The summed E-state index contributed by atoms with van der Waals surface area (Å²) in [4.78, 5) is 19.4. The van der Waals surface area contributed by atoms with Gasteiger partial charge in [0.1, 0.15) is 16.4 Å². The molecule has 7 nitrogen and oxygen atoms in total. The Kier molecular flexibility index (Phi) is 6.82. The van der Waals surface area contributed by atoms with Crippen LogP contribution >= 0.6 is 11.3 Å². The maximum atomic E-state index is 12.8.